The predicted octanol–water partition coefficient (Wildman–Crippen LogP) is 1.49. The van der Waals surface area contributed by atoms with Crippen molar-refractivity contribution in [1.29, 1.82) is 0 Å². The number of methoxy groups -OCH3 is 1. The molecule has 0 N–H and O–H groups in total. The normalized spacial score (nSPS) is 36.9. The number of benzene rings is 1. The van der Waals surface area contributed by atoms with E-state index in [2.05, 4.69) is 11.0 Å². The highest BCUT2D eigenvalue weighted by molar-refractivity contribution is 5.97. The minimum absolute atomic E-state index is 0.0734. The van der Waals surface area contributed by atoms with E-state index >= 15 is 0 Å². The van der Waals surface area contributed by atoms with Crippen molar-refractivity contribution in [1.82, 2.24) is 4.90 Å². The Morgan fingerprint density at radius 3 is 2.62 bits per heavy atom. The van der Waals surface area contributed by atoms with Gasteiger partial charge < -0.3 is 14.4 Å². The number of amides is 1. The molecule has 0 radical (unpaired) electrons. The van der Waals surface area contributed by atoms with Gasteiger partial charge in [-0.3, -0.25) is 19.3 Å². The van der Waals surface area contributed by atoms with Crippen LogP contribution in [-0.4, -0.2) is 61.1 Å². The number of carbonyl (C=O) groups is 3. The second-order valence-electron chi connectivity index (χ2n) is 8.75. The summed E-state index contributed by atoms with van der Waals surface area (Å²) in [6, 6.07) is 7.94. The van der Waals surface area contributed by atoms with Crippen LogP contribution in [0.4, 0.5) is 5.69 Å². The molecular formula is C22H26N2O5. The average molecular weight is 398 g/mol. The van der Waals surface area contributed by atoms with Gasteiger partial charge in [0.2, 0.25) is 5.91 Å². The van der Waals surface area contributed by atoms with E-state index in [4.69, 9.17) is 9.47 Å². The summed E-state index contributed by atoms with van der Waals surface area (Å²) in [6.45, 7) is 4.45. The highest BCUT2D eigenvalue weighted by atomic mass is 16.5. The maximum absolute atomic E-state index is 13.1. The Labute approximate surface area is 169 Å². The molecule has 5 rings (SSSR count). The topological polar surface area (TPSA) is 76.2 Å². The maximum atomic E-state index is 13.1. The maximum Gasteiger partial charge on any atom is 0.311 e. The smallest absolute Gasteiger partial charge is 0.311 e. The van der Waals surface area contributed by atoms with Gasteiger partial charge in [-0.05, 0) is 31.0 Å². The molecule has 6 atom stereocenters. The number of fused-ring (bicyclic) bond motifs is 2. The lowest BCUT2D eigenvalue weighted by atomic mass is 9.55. The highest BCUT2D eigenvalue weighted by Crippen LogP contribution is 2.62. The average Bonchev–Trinajstić information content (AvgIpc) is 3.22. The Balaban J connectivity index is 1.72. The van der Waals surface area contributed by atoms with Gasteiger partial charge in [-0.15, -0.1) is 0 Å². The van der Waals surface area contributed by atoms with Crippen LogP contribution in [0.25, 0.3) is 0 Å². The number of para-hydroxylation sites is 1. The van der Waals surface area contributed by atoms with Crippen LogP contribution >= 0.6 is 0 Å². The number of rotatable bonds is 2. The van der Waals surface area contributed by atoms with Gasteiger partial charge in [0.15, 0.2) is 0 Å². The number of esters is 2. The van der Waals surface area contributed by atoms with Crippen molar-refractivity contribution in [3.05, 3.63) is 29.8 Å². The zero-order valence-electron chi connectivity index (χ0n) is 17.0. The van der Waals surface area contributed by atoms with Crippen molar-refractivity contribution in [3.8, 4) is 0 Å². The summed E-state index contributed by atoms with van der Waals surface area (Å²) in [6.07, 6.45) is 1.26. The Kier molecular flexibility index (Phi) is 4.04. The van der Waals surface area contributed by atoms with Crippen LogP contribution in [0.5, 0.6) is 0 Å². The summed E-state index contributed by atoms with van der Waals surface area (Å²) in [4.78, 5) is 42.0. The van der Waals surface area contributed by atoms with E-state index in [9.17, 15) is 14.4 Å². The summed E-state index contributed by atoms with van der Waals surface area (Å²) < 4.78 is 10.9. The molecule has 2 bridgehead atoms. The lowest BCUT2D eigenvalue weighted by Gasteiger charge is -2.56. The predicted molar refractivity (Wildman–Crippen MR) is 104 cm³/mol. The van der Waals surface area contributed by atoms with Gasteiger partial charge in [0, 0.05) is 43.5 Å². The first-order valence-electron chi connectivity index (χ1n) is 10.3. The Morgan fingerprint density at radius 2 is 1.93 bits per heavy atom. The van der Waals surface area contributed by atoms with Crippen LogP contribution in [0.2, 0.25) is 0 Å². The lowest BCUT2D eigenvalue weighted by molar-refractivity contribution is -0.171. The molecule has 1 spiro atoms. The molecule has 154 valence electrons. The van der Waals surface area contributed by atoms with Gasteiger partial charge in [-0.2, -0.15) is 0 Å². The summed E-state index contributed by atoms with van der Waals surface area (Å²) in [5.74, 6) is -1.44. The fourth-order valence-corrected chi connectivity index (χ4v) is 6.84. The third-order valence-electron chi connectivity index (χ3n) is 7.64. The number of nitrogens with zero attached hydrogens (tertiary/aromatic N) is 2. The number of piperidine rings is 1. The molecule has 1 aromatic rings. The Hall–Kier alpha value is -2.41. The van der Waals surface area contributed by atoms with Crippen molar-refractivity contribution in [3.63, 3.8) is 0 Å². The van der Waals surface area contributed by atoms with Crippen molar-refractivity contribution < 1.29 is 23.9 Å². The van der Waals surface area contributed by atoms with E-state index in [1.54, 1.807) is 6.92 Å². The largest absolute Gasteiger partial charge is 0.469 e. The number of hydrogen-bond acceptors (Lipinski definition) is 6. The molecule has 3 aliphatic heterocycles. The molecule has 0 aromatic heterocycles. The molecule has 4 aliphatic rings. The zero-order chi connectivity index (χ0) is 20.5. The molecule has 1 aromatic carbocycles. The molecule has 1 aliphatic carbocycles. The van der Waals surface area contributed by atoms with Crippen molar-refractivity contribution in [2.75, 3.05) is 25.1 Å². The van der Waals surface area contributed by atoms with E-state index in [0.717, 1.165) is 30.6 Å². The third kappa shape index (κ3) is 2.31. The van der Waals surface area contributed by atoms with Crippen LogP contribution in [-0.2, 0) is 29.3 Å². The number of carbonyl (C=O) groups excluding carboxylic acids is 3. The van der Waals surface area contributed by atoms with Crippen molar-refractivity contribution in [2.45, 2.75) is 50.3 Å². The first-order valence-corrected chi connectivity index (χ1v) is 10.3. The molecule has 29 heavy (non-hydrogen) atoms. The van der Waals surface area contributed by atoms with Gasteiger partial charge in [-0.1, -0.05) is 18.2 Å². The van der Waals surface area contributed by atoms with E-state index in [1.165, 1.54) is 14.0 Å². The fourth-order valence-electron chi connectivity index (χ4n) is 6.84. The number of ether oxygens (including phenoxy) is 2. The van der Waals surface area contributed by atoms with Crippen LogP contribution in [0.3, 0.4) is 0 Å². The first kappa shape index (κ1) is 18.6. The van der Waals surface area contributed by atoms with E-state index in [1.807, 2.05) is 23.1 Å². The summed E-state index contributed by atoms with van der Waals surface area (Å²) in [5, 5.41) is 0. The molecule has 0 unspecified atom stereocenters. The fraction of sp³-hybridized carbons (Fsp3) is 0.591. The molecule has 1 amide bonds. The number of anilines is 1. The molecule has 3 heterocycles. The summed E-state index contributed by atoms with van der Waals surface area (Å²) in [7, 11) is 1.39. The van der Waals surface area contributed by atoms with Gasteiger partial charge in [0.1, 0.15) is 6.10 Å². The van der Waals surface area contributed by atoms with Crippen LogP contribution in [0, 0.1) is 11.8 Å². The molecule has 1 saturated carbocycles. The van der Waals surface area contributed by atoms with Crippen LogP contribution in [0.15, 0.2) is 24.3 Å². The molecule has 7 nitrogen and oxygen atoms in total. The minimum Gasteiger partial charge on any atom is -0.469 e. The Morgan fingerprint density at radius 1 is 1.17 bits per heavy atom. The van der Waals surface area contributed by atoms with Gasteiger partial charge in [0.05, 0.1) is 19.1 Å². The molecular weight excluding hydrogens is 372 g/mol. The number of hydrogen-bond donors (Lipinski definition) is 0. The zero-order valence-corrected chi connectivity index (χ0v) is 17.0. The van der Waals surface area contributed by atoms with E-state index in [0.29, 0.717) is 6.54 Å². The molecule has 2 saturated heterocycles. The summed E-state index contributed by atoms with van der Waals surface area (Å²) >= 11 is 0. The second-order valence-corrected chi connectivity index (χ2v) is 8.75. The quantitative estimate of drug-likeness (QED) is 0.703. The van der Waals surface area contributed by atoms with Crippen molar-refractivity contribution in [2.24, 2.45) is 11.8 Å². The molecule has 3 fully saturated rings. The molecule has 7 heteroatoms. The Bertz CT molecular complexity index is 901. The summed E-state index contributed by atoms with van der Waals surface area (Å²) in [5.41, 5.74) is 1.77. The van der Waals surface area contributed by atoms with Gasteiger partial charge in [-0.25, -0.2) is 0 Å². The standard InChI is InChI=1S/C22H26N2O5/c1-12(25)24-16-7-5-4-6-15(16)22-8-9-23-11-17(29-13(2)26)14(10-18(22)23)19(20(22)24)21(27)28-3/h4-7,14,17-20H,8-11H2,1-3H3/t14-,17-,18-,19-,20-,22+/m0/s1. The van der Waals surface area contributed by atoms with Gasteiger partial charge >= 0.3 is 11.9 Å². The highest BCUT2D eigenvalue weighted by Gasteiger charge is 2.70. The second kappa shape index (κ2) is 6.29. The third-order valence-corrected chi connectivity index (χ3v) is 7.64. The van der Waals surface area contributed by atoms with Crippen LogP contribution in [0.1, 0.15) is 32.3 Å². The van der Waals surface area contributed by atoms with Crippen molar-refractivity contribution >= 4 is 23.5 Å². The minimum atomic E-state index is -0.530. The lowest BCUT2D eigenvalue weighted by Crippen LogP contribution is -2.69. The SMILES string of the molecule is COC(=O)[C@H]1[C@H]2C[C@@H]3N(CC[C@@]34c3ccccc3N(C(C)=O)[C@@H]14)C[C@@H]2OC(C)=O. The van der Waals surface area contributed by atoms with E-state index < -0.39 is 5.92 Å². The monoisotopic (exact) mass is 398 g/mol. The van der Waals surface area contributed by atoms with Gasteiger partial charge in [0.25, 0.3) is 0 Å². The van der Waals surface area contributed by atoms with E-state index in [-0.39, 0.29) is 47.4 Å². The first-order chi connectivity index (χ1) is 13.9. The van der Waals surface area contributed by atoms with Crippen LogP contribution < -0.4 is 4.90 Å².